The van der Waals surface area contributed by atoms with E-state index in [1.807, 2.05) is 0 Å². The Balaban J connectivity index is 2.01. The molecular weight excluding hydrogens is 512 g/mol. The second kappa shape index (κ2) is 8.84. The number of fused-ring (bicyclic) bond motifs is 1. The van der Waals surface area contributed by atoms with E-state index >= 15 is 4.39 Å². The van der Waals surface area contributed by atoms with Gasteiger partial charge in [-0.25, -0.2) is 22.0 Å². The standard InChI is InChI=1S/C24H25F2N3O7S/c1-22(2,3)36-21(30)27-20-23(4,14-5-7-15(25)8-6-14)37(33,34)19-12-35-13-24(19,28-20)17-11-16(29(31)32)9-10-18(17)26/h5-11,19H,12-13H2,1-4H3,(H,27,28,30)/t19-,23-,24-/m1/s1. The van der Waals surface area contributed by atoms with E-state index in [1.165, 1.54) is 19.1 Å². The third-order valence-electron chi connectivity index (χ3n) is 6.47. The van der Waals surface area contributed by atoms with Crippen molar-refractivity contribution in [3.05, 3.63) is 75.3 Å². The van der Waals surface area contributed by atoms with E-state index in [1.54, 1.807) is 20.8 Å². The van der Waals surface area contributed by atoms with Crippen molar-refractivity contribution in [2.75, 3.05) is 13.2 Å². The lowest BCUT2D eigenvalue weighted by Crippen LogP contribution is -2.62. The van der Waals surface area contributed by atoms with Crippen LogP contribution in [-0.2, 0) is 29.6 Å². The van der Waals surface area contributed by atoms with Crippen molar-refractivity contribution in [3.8, 4) is 0 Å². The Labute approximate surface area is 211 Å². The van der Waals surface area contributed by atoms with Crippen molar-refractivity contribution in [1.29, 1.82) is 0 Å². The van der Waals surface area contributed by atoms with Crippen LogP contribution < -0.4 is 5.32 Å². The number of carbonyl (C=O) groups is 1. The van der Waals surface area contributed by atoms with Crippen LogP contribution in [-0.4, -0.2) is 49.3 Å². The van der Waals surface area contributed by atoms with Gasteiger partial charge in [-0.05, 0) is 51.5 Å². The molecule has 0 bridgehead atoms. The van der Waals surface area contributed by atoms with Gasteiger partial charge in [0.1, 0.15) is 33.9 Å². The van der Waals surface area contributed by atoms with Crippen LogP contribution in [0.25, 0.3) is 0 Å². The summed E-state index contributed by atoms with van der Waals surface area (Å²) < 4.78 is 66.2. The highest BCUT2D eigenvalue weighted by Gasteiger charge is 2.65. The molecule has 13 heteroatoms. The molecule has 10 nitrogen and oxygen atoms in total. The number of nitrogens with zero attached hydrogens (tertiary/aromatic N) is 2. The number of amides is 1. The molecule has 0 aromatic heterocycles. The number of nitro benzene ring substituents is 1. The summed E-state index contributed by atoms with van der Waals surface area (Å²) in [6, 6.07) is 7.34. The van der Waals surface area contributed by atoms with Gasteiger partial charge in [0, 0.05) is 17.7 Å². The van der Waals surface area contributed by atoms with Gasteiger partial charge < -0.3 is 9.47 Å². The number of benzene rings is 2. The van der Waals surface area contributed by atoms with E-state index in [-0.39, 0.29) is 17.7 Å². The number of nitrogens with one attached hydrogen (secondary N) is 1. The van der Waals surface area contributed by atoms with Crippen LogP contribution in [0.15, 0.2) is 47.5 Å². The summed E-state index contributed by atoms with van der Waals surface area (Å²) in [5.74, 6) is -1.96. The first-order valence-corrected chi connectivity index (χ1v) is 12.8. The van der Waals surface area contributed by atoms with E-state index in [0.717, 1.165) is 30.3 Å². The highest BCUT2D eigenvalue weighted by Crippen LogP contribution is 2.50. The summed E-state index contributed by atoms with van der Waals surface area (Å²) in [5.41, 5.74) is -3.65. The number of rotatable bonds is 3. The predicted octanol–water partition coefficient (Wildman–Crippen LogP) is 3.73. The molecular formula is C24H25F2N3O7S. The zero-order valence-electron chi connectivity index (χ0n) is 20.4. The number of halogens is 2. The first-order valence-electron chi connectivity index (χ1n) is 11.2. The number of carbonyl (C=O) groups excluding carboxylic acids is 1. The Morgan fingerprint density at radius 1 is 1.22 bits per heavy atom. The first-order chi connectivity index (χ1) is 17.1. The van der Waals surface area contributed by atoms with Gasteiger partial charge in [0.2, 0.25) is 0 Å². The molecule has 1 amide bonds. The molecule has 2 heterocycles. The Bertz CT molecular complexity index is 1410. The molecule has 2 aliphatic heterocycles. The molecule has 198 valence electrons. The van der Waals surface area contributed by atoms with Gasteiger partial charge in [0.15, 0.2) is 14.6 Å². The fourth-order valence-electron chi connectivity index (χ4n) is 4.61. The van der Waals surface area contributed by atoms with E-state index in [4.69, 9.17) is 9.47 Å². The molecule has 1 fully saturated rings. The summed E-state index contributed by atoms with van der Waals surface area (Å²) in [6.07, 6.45) is -1.03. The minimum absolute atomic E-state index is 0.0868. The third kappa shape index (κ3) is 4.35. The first kappa shape index (κ1) is 26.6. The van der Waals surface area contributed by atoms with Gasteiger partial charge in [-0.1, -0.05) is 12.1 Å². The smallest absolute Gasteiger partial charge is 0.413 e. The molecule has 37 heavy (non-hydrogen) atoms. The van der Waals surface area contributed by atoms with Gasteiger partial charge in [0.05, 0.1) is 18.1 Å². The average Bonchev–Trinajstić information content (AvgIpc) is 3.22. The average molecular weight is 538 g/mol. The fourth-order valence-corrected chi connectivity index (χ4v) is 7.05. The number of hydrogen-bond acceptors (Lipinski definition) is 8. The van der Waals surface area contributed by atoms with Crippen molar-refractivity contribution in [2.45, 2.75) is 48.8 Å². The maximum Gasteiger partial charge on any atom is 0.413 e. The fraction of sp³-hybridized carbons (Fsp3) is 0.417. The zero-order chi connectivity index (χ0) is 27.4. The molecule has 0 aliphatic carbocycles. The minimum Gasteiger partial charge on any atom is -0.444 e. The monoisotopic (exact) mass is 537 g/mol. The SMILES string of the molecule is CC(C)(C)OC(=O)NC1=N[C@@]2(c3cc([N+](=O)[O-])ccc3F)COC[C@H]2S(=O)(=O)[C@]1(C)c1ccc(F)cc1. The summed E-state index contributed by atoms with van der Waals surface area (Å²) in [5, 5.41) is 12.3. The van der Waals surface area contributed by atoms with Crippen molar-refractivity contribution < 1.29 is 36.4 Å². The van der Waals surface area contributed by atoms with Crippen LogP contribution >= 0.6 is 0 Å². The number of aliphatic imine (C=N–C) groups is 1. The Hall–Kier alpha value is -3.45. The molecule has 0 unspecified atom stereocenters. The molecule has 1 N–H and O–H groups in total. The largest absolute Gasteiger partial charge is 0.444 e. The van der Waals surface area contributed by atoms with E-state index in [2.05, 4.69) is 10.3 Å². The Morgan fingerprint density at radius 2 is 1.86 bits per heavy atom. The zero-order valence-corrected chi connectivity index (χ0v) is 21.3. The lowest BCUT2D eigenvalue weighted by atomic mass is 9.87. The van der Waals surface area contributed by atoms with Gasteiger partial charge in [-0.2, -0.15) is 0 Å². The second-order valence-electron chi connectivity index (χ2n) is 10.0. The van der Waals surface area contributed by atoms with Crippen LogP contribution in [0.2, 0.25) is 0 Å². The van der Waals surface area contributed by atoms with Crippen molar-refractivity contribution in [2.24, 2.45) is 4.99 Å². The second-order valence-corrected chi connectivity index (χ2v) is 12.5. The number of ether oxygens (including phenoxy) is 2. The topological polar surface area (TPSA) is 137 Å². The van der Waals surface area contributed by atoms with E-state index in [9.17, 15) is 27.7 Å². The number of non-ortho nitro benzene ring substituents is 1. The summed E-state index contributed by atoms with van der Waals surface area (Å²) in [6.45, 7) is 5.29. The molecule has 2 aliphatic rings. The van der Waals surface area contributed by atoms with Crippen molar-refractivity contribution in [1.82, 2.24) is 5.32 Å². The van der Waals surface area contributed by atoms with Gasteiger partial charge in [-0.3, -0.25) is 20.4 Å². The molecule has 0 saturated carbocycles. The van der Waals surface area contributed by atoms with Crippen LogP contribution in [0.1, 0.15) is 38.8 Å². The molecule has 2 aromatic carbocycles. The van der Waals surface area contributed by atoms with Gasteiger partial charge in [0.25, 0.3) is 5.69 Å². The Kier molecular flexibility index (Phi) is 6.36. The van der Waals surface area contributed by atoms with E-state index in [0.29, 0.717) is 0 Å². The highest BCUT2D eigenvalue weighted by molar-refractivity contribution is 7.94. The number of sulfone groups is 1. The maximum absolute atomic E-state index is 15.2. The summed E-state index contributed by atoms with van der Waals surface area (Å²) >= 11 is 0. The molecule has 0 spiro atoms. The van der Waals surface area contributed by atoms with E-state index < -0.39 is 71.8 Å². The quantitative estimate of drug-likeness (QED) is 0.465. The molecule has 0 radical (unpaired) electrons. The third-order valence-corrected chi connectivity index (χ3v) is 9.31. The van der Waals surface area contributed by atoms with Crippen LogP contribution in [0.3, 0.4) is 0 Å². The number of nitro groups is 1. The normalized spacial score (nSPS) is 26.6. The Morgan fingerprint density at radius 3 is 2.46 bits per heavy atom. The summed E-state index contributed by atoms with van der Waals surface area (Å²) in [7, 11) is -4.45. The lowest BCUT2D eigenvalue weighted by Gasteiger charge is -2.44. The number of hydrogen-bond donors (Lipinski definition) is 1. The number of alkyl carbamates (subject to hydrolysis) is 1. The van der Waals surface area contributed by atoms with Crippen LogP contribution in [0, 0.1) is 21.7 Å². The highest BCUT2D eigenvalue weighted by atomic mass is 32.2. The van der Waals surface area contributed by atoms with Crippen LogP contribution in [0.4, 0.5) is 19.3 Å². The molecule has 3 atom stereocenters. The maximum atomic E-state index is 15.2. The molecule has 2 aromatic rings. The lowest BCUT2D eigenvalue weighted by molar-refractivity contribution is -0.385. The van der Waals surface area contributed by atoms with Gasteiger partial charge in [-0.15, -0.1) is 0 Å². The predicted molar refractivity (Wildman–Crippen MR) is 129 cm³/mol. The molecule has 1 saturated heterocycles. The van der Waals surface area contributed by atoms with Crippen molar-refractivity contribution >= 4 is 27.5 Å². The minimum atomic E-state index is -4.45. The van der Waals surface area contributed by atoms with Crippen LogP contribution in [0.5, 0.6) is 0 Å². The molecule has 4 rings (SSSR count). The van der Waals surface area contributed by atoms with Crippen molar-refractivity contribution in [3.63, 3.8) is 0 Å². The summed E-state index contributed by atoms with van der Waals surface area (Å²) in [4.78, 5) is 28.0. The number of amidine groups is 1. The van der Waals surface area contributed by atoms with Gasteiger partial charge >= 0.3 is 6.09 Å².